The first kappa shape index (κ1) is 11.8. The average Bonchev–Trinajstić information content (AvgIpc) is 2.40. The average molecular weight is 240 g/mol. The second-order valence-corrected chi connectivity index (χ2v) is 9.14. The van der Waals surface area contributed by atoms with Crippen molar-refractivity contribution in [1.82, 2.24) is 0 Å². The Hall–Kier alpha value is -1.67. The fourth-order valence-electron chi connectivity index (χ4n) is 2.02. The zero-order chi connectivity index (χ0) is 12.3. The Morgan fingerprint density at radius 3 is 2.18 bits per heavy atom. The van der Waals surface area contributed by atoms with Crippen molar-refractivity contribution in [2.24, 2.45) is 0 Å². The van der Waals surface area contributed by atoms with Gasteiger partial charge in [-0.2, -0.15) is 0 Å². The third kappa shape index (κ3) is 2.37. The molecular weight excluding hydrogens is 224 g/mol. The molecule has 0 heterocycles. The number of hydrogen-bond acceptors (Lipinski definition) is 1. The van der Waals surface area contributed by atoms with Crippen LogP contribution in [0.1, 0.15) is 10.4 Å². The van der Waals surface area contributed by atoms with Gasteiger partial charge in [-0.15, -0.1) is 0 Å². The van der Waals surface area contributed by atoms with Crippen molar-refractivity contribution in [3.63, 3.8) is 0 Å². The van der Waals surface area contributed by atoms with Gasteiger partial charge in [0.05, 0.1) is 0 Å². The van der Waals surface area contributed by atoms with Gasteiger partial charge in [0.25, 0.3) is 0 Å². The Kier molecular flexibility index (Phi) is 3.25. The minimum atomic E-state index is -1.66. The lowest BCUT2D eigenvalue weighted by Crippen LogP contribution is -2.52. The number of hydrogen-bond donors (Lipinski definition) is 0. The quantitative estimate of drug-likeness (QED) is 0.594. The number of rotatable bonds is 3. The van der Waals surface area contributed by atoms with Crippen LogP contribution in [0.2, 0.25) is 13.1 Å². The van der Waals surface area contributed by atoms with Gasteiger partial charge in [0.1, 0.15) is 14.4 Å². The molecule has 0 unspecified atom stereocenters. The van der Waals surface area contributed by atoms with E-state index in [0.717, 1.165) is 11.8 Å². The topological polar surface area (TPSA) is 17.1 Å². The summed E-state index contributed by atoms with van der Waals surface area (Å²) in [5, 5.41) is 2.69. The van der Waals surface area contributed by atoms with Gasteiger partial charge in [0.15, 0.2) is 0 Å². The second kappa shape index (κ2) is 4.68. The molecule has 0 amide bonds. The van der Waals surface area contributed by atoms with Crippen molar-refractivity contribution in [3.8, 4) is 0 Å². The van der Waals surface area contributed by atoms with Gasteiger partial charge in [0, 0.05) is 5.56 Å². The predicted molar refractivity (Wildman–Crippen MR) is 75.0 cm³/mol. The van der Waals surface area contributed by atoms with E-state index in [1.54, 1.807) is 0 Å². The van der Waals surface area contributed by atoms with Crippen molar-refractivity contribution < 1.29 is 4.79 Å². The van der Waals surface area contributed by atoms with Gasteiger partial charge in [-0.05, 0) is 0 Å². The first-order chi connectivity index (χ1) is 8.14. The minimum Gasteiger partial charge on any atom is -0.298 e. The molecule has 0 saturated carbocycles. The van der Waals surface area contributed by atoms with Crippen LogP contribution >= 0.6 is 0 Å². The summed E-state index contributed by atoms with van der Waals surface area (Å²) in [5.41, 5.74) is 0.763. The second-order valence-electron chi connectivity index (χ2n) is 4.73. The minimum absolute atomic E-state index is 0.763. The van der Waals surface area contributed by atoms with Crippen molar-refractivity contribution in [2.45, 2.75) is 13.1 Å². The molecular formula is C15H16OSi. The number of benzene rings is 2. The SMILES string of the molecule is C[Si](C)(c1ccccc1)c1cccc(C=O)c1. The lowest BCUT2D eigenvalue weighted by Gasteiger charge is -2.23. The maximum absolute atomic E-state index is 10.8. The summed E-state index contributed by atoms with van der Waals surface area (Å²) in [6.07, 6.45) is 0.916. The summed E-state index contributed by atoms with van der Waals surface area (Å²) >= 11 is 0. The molecule has 0 radical (unpaired) electrons. The number of carbonyl (C=O) groups is 1. The molecule has 2 aromatic rings. The first-order valence-corrected chi connectivity index (χ1v) is 8.76. The maximum atomic E-state index is 10.8. The summed E-state index contributed by atoms with van der Waals surface area (Å²) in [6.45, 7) is 4.62. The van der Waals surface area contributed by atoms with E-state index in [1.807, 2.05) is 24.3 Å². The highest BCUT2D eigenvalue weighted by Gasteiger charge is 2.25. The van der Waals surface area contributed by atoms with Crippen molar-refractivity contribution in [2.75, 3.05) is 0 Å². The van der Waals surface area contributed by atoms with Crippen LogP contribution in [-0.2, 0) is 0 Å². The monoisotopic (exact) mass is 240 g/mol. The fourth-order valence-corrected chi connectivity index (χ4v) is 4.42. The van der Waals surface area contributed by atoms with E-state index >= 15 is 0 Å². The normalized spacial score (nSPS) is 11.2. The molecule has 2 rings (SSSR count). The van der Waals surface area contributed by atoms with Crippen LogP contribution < -0.4 is 10.4 Å². The van der Waals surface area contributed by atoms with Gasteiger partial charge in [-0.1, -0.05) is 78.1 Å². The third-order valence-electron chi connectivity index (χ3n) is 3.24. The zero-order valence-corrected chi connectivity index (χ0v) is 11.2. The van der Waals surface area contributed by atoms with E-state index in [1.165, 1.54) is 10.4 Å². The Labute approximate surface area is 103 Å². The highest BCUT2D eigenvalue weighted by atomic mass is 28.3. The first-order valence-electron chi connectivity index (χ1n) is 5.76. The summed E-state index contributed by atoms with van der Waals surface area (Å²) < 4.78 is 0. The molecule has 0 aromatic heterocycles. The Balaban J connectivity index is 2.47. The molecule has 2 heteroatoms. The molecule has 86 valence electrons. The molecule has 2 aromatic carbocycles. The molecule has 0 spiro atoms. The van der Waals surface area contributed by atoms with Crippen molar-refractivity contribution in [3.05, 3.63) is 60.2 Å². The predicted octanol–water partition coefficient (Wildman–Crippen LogP) is 2.32. The maximum Gasteiger partial charge on any atom is 0.150 e. The Bertz CT molecular complexity index is 517. The third-order valence-corrected chi connectivity index (χ3v) is 6.77. The standard InChI is InChI=1S/C15H16OSi/c1-17(2,14-8-4-3-5-9-14)15-10-6-7-13(11-15)12-16/h3-12H,1-2H3. The van der Waals surface area contributed by atoms with Crippen LogP contribution in [0.25, 0.3) is 0 Å². The van der Waals surface area contributed by atoms with Gasteiger partial charge in [-0.3, -0.25) is 4.79 Å². The van der Waals surface area contributed by atoms with E-state index in [-0.39, 0.29) is 0 Å². The van der Waals surface area contributed by atoms with E-state index in [2.05, 4.69) is 43.4 Å². The number of carbonyl (C=O) groups excluding carboxylic acids is 1. The lowest BCUT2D eigenvalue weighted by molar-refractivity contribution is 0.112. The Morgan fingerprint density at radius 2 is 1.53 bits per heavy atom. The van der Waals surface area contributed by atoms with Gasteiger partial charge < -0.3 is 0 Å². The van der Waals surface area contributed by atoms with Crippen LogP contribution in [0, 0.1) is 0 Å². The van der Waals surface area contributed by atoms with E-state index in [4.69, 9.17) is 0 Å². The molecule has 1 nitrogen and oxygen atoms in total. The molecule has 17 heavy (non-hydrogen) atoms. The van der Waals surface area contributed by atoms with Crippen LogP contribution in [0.3, 0.4) is 0 Å². The lowest BCUT2D eigenvalue weighted by atomic mass is 10.2. The highest BCUT2D eigenvalue weighted by Crippen LogP contribution is 2.06. The Morgan fingerprint density at radius 1 is 0.882 bits per heavy atom. The summed E-state index contributed by atoms with van der Waals surface area (Å²) in [6, 6.07) is 18.5. The molecule has 0 saturated heterocycles. The van der Waals surface area contributed by atoms with Crippen LogP contribution in [0.4, 0.5) is 0 Å². The smallest absolute Gasteiger partial charge is 0.150 e. The van der Waals surface area contributed by atoms with Crippen LogP contribution in [-0.4, -0.2) is 14.4 Å². The van der Waals surface area contributed by atoms with Crippen molar-refractivity contribution >= 4 is 24.7 Å². The van der Waals surface area contributed by atoms with Gasteiger partial charge in [0.2, 0.25) is 0 Å². The number of aldehydes is 1. The molecule has 0 aliphatic rings. The van der Waals surface area contributed by atoms with Crippen molar-refractivity contribution in [1.29, 1.82) is 0 Å². The summed E-state index contributed by atoms with van der Waals surface area (Å²) in [4.78, 5) is 10.8. The molecule has 0 bridgehead atoms. The molecule has 0 N–H and O–H groups in total. The van der Waals surface area contributed by atoms with Gasteiger partial charge >= 0.3 is 0 Å². The molecule has 0 aliphatic heterocycles. The van der Waals surface area contributed by atoms with Crippen LogP contribution in [0.15, 0.2) is 54.6 Å². The molecule has 0 atom stereocenters. The molecule has 0 fully saturated rings. The summed E-state index contributed by atoms with van der Waals surface area (Å²) in [7, 11) is -1.66. The molecule has 0 aliphatic carbocycles. The summed E-state index contributed by atoms with van der Waals surface area (Å²) in [5.74, 6) is 0. The van der Waals surface area contributed by atoms with E-state index in [0.29, 0.717) is 0 Å². The largest absolute Gasteiger partial charge is 0.298 e. The van der Waals surface area contributed by atoms with Crippen LogP contribution in [0.5, 0.6) is 0 Å². The van der Waals surface area contributed by atoms with E-state index < -0.39 is 8.07 Å². The highest BCUT2D eigenvalue weighted by molar-refractivity contribution is 7.00. The van der Waals surface area contributed by atoms with E-state index in [9.17, 15) is 4.79 Å². The van der Waals surface area contributed by atoms with Gasteiger partial charge in [-0.25, -0.2) is 0 Å². The fraction of sp³-hybridized carbons (Fsp3) is 0.133. The zero-order valence-electron chi connectivity index (χ0n) is 10.2.